The molecule has 0 saturated carbocycles. The average molecular weight is 419 g/mol. The number of hydrogen-bond donors (Lipinski definition) is 1. The number of nitrogens with zero attached hydrogens (tertiary/aromatic N) is 2. The van der Waals surface area contributed by atoms with E-state index in [0.29, 0.717) is 19.6 Å². The first-order valence-electron chi connectivity index (χ1n) is 8.75. The highest BCUT2D eigenvalue weighted by atomic mass is 79.9. The fourth-order valence-corrected chi connectivity index (χ4v) is 3.38. The Kier molecular flexibility index (Phi) is 6.66. The zero-order valence-electron chi connectivity index (χ0n) is 14.6. The van der Waals surface area contributed by atoms with Crippen LogP contribution < -0.4 is 4.74 Å². The first-order valence-corrected chi connectivity index (χ1v) is 9.54. The second-order valence-electron chi connectivity index (χ2n) is 6.38. The van der Waals surface area contributed by atoms with Crippen molar-refractivity contribution >= 4 is 21.8 Å². The molecule has 1 aliphatic heterocycles. The number of benzene rings is 2. The molecule has 1 heterocycles. The highest BCUT2D eigenvalue weighted by molar-refractivity contribution is 9.10. The van der Waals surface area contributed by atoms with Crippen molar-refractivity contribution in [3.8, 4) is 5.75 Å². The summed E-state index contributed by atoms with van der Waals surface area (Å²) in [7, 11) is 0. The normalized spacial score (nSPS) is 16.3. The third kappa shape index (κ3) is 5.30. The summed E-state index contributed by atoms with van der Waals surface area (Å²) >= 11 is 3.40. The van der Waals surface area contributed by atoms with Crippen LogP contribution in [0.2, 0.25) is 0 Å². The fourth-order valence-electron chi connectivity index (χ4n) is 3.00. The summed E-state index contributed by atoms with van der Waals surface area (Å²) in [6.45, 7) is 3.65. The van der Waals surface area contributed by atoms with Gasteiger partial charge in [-0.2, -0.15) is 0 Å². The summed E-state index contributed by atoms with van der Waals surface area (Å²) in [4.78, 5) is 16.5. The van der Waals surface area contributed by atoms with Gasteiger partial charge in [0.05, 0.1) is 0 Å². The topological polar surface area (TPSA) is 53.0 Å². The molecule has 26 heavy (non-hydrogen) atoms. The quantitative estimate of drug-likeness (QED) is 0.783. The maximum absolute atomic E-state index is 12.4. The Hall–Kier alpha value is -1.89. The molecule has 5 nitrogen and oxygen atoms in total. The largest absolute Gasteiger partial charge is 0.491 e. The maximum Gasteiger partial charge on any atom is 0.253 e. The van der Waals surface area contributed by atoms with Crippen molar-refractivity contribution < 1.29 is 14.6 Å². The summed E-state index contributed by atoms with van der Waals surface area (Å²) in [5.41, 5.74) is 0.725. The van der Waals surface area contributed by atoms with Gasteiger partial charge in [-0.15, -0.1) is 0 Å². The highest BCUT2D eigenvalue weighted by Gasteiger charge is 2.23. The summed E-state index contributed by atoms with van der Waals surface area (Å²) in [5, 5.41) is 10.2. The standard InChI is InChI=1S/C20H23BrN2O3/c21-17-7-4-8-19(13-17)26-15-18(24)14-22-9-11-23(12-10-22)20(25)16-5-2-1-3-6-16/h1-8,13,18,24H,9-12,14-15H2. The number of carbonyl (C=O) groups is 1. The molecule has 2 aromatic rings. The molecular formula is C20H23BrN2O3. The lowest BCUT2D eigenvalue weighted by atomic mass is 10.2. The molecule has 0 spiro atoms. The second kappa shape index (κ2) is 9.16. The van der Waals surface area contributed by atoms with Crippen LogP contribution in [0, 0.1) is 0 Å². The molecule has 0 aliphatic carbocycles. The first kappa shape index (κ1) is 18.9. The van der Waals surface area contributed by atoms with Crippen molar-refractivity contribution in [2.24, 2.45) is 0 Å². The average Bonchev–Trinajstić information content (AvgIpc) is 2.67. The van der Waals surface area contributed by atoms with E-state index in [1.165, 1.54) is 0 Å². The highest BCUT2D eigenvalue weighted by Crippen LogP contribution is 2.18. The number of hydrogen-bond acceptors (Lipinski definition) is 4. The monoisotopic (exact) mass is 418 g/mol. The zero-order chi connectivity index (χ0) is 18.4. The first-order chi connectivity index (χ1) is 12.6. The van der Waals surface area contributed by atoms with E-state index in [4.69, 9.17) is 4.74 Å². The second-order valence-corrected chi connectivity index (χ2v) is 7.30. The van der Waals surface area contributed by atoms with E-state index in [1.807, 2.05) is 59.5 Å². The van der Waals surface area contributed by atoms with E-state index < -0.39 is 6.10 Å². The van der Waals surface area contributed by atoms with Crippen molar-refractivity contribution in [3.05, 3.63) is 64.6 Å². The van der Waals surface area contributed by atoms with Crippen LogP contribution in [0.1, 0.15) is 10.4 Å². The van der Waals surface area contributed by atoms with Crippen molar-refractivity contribution in [2.45, 2.75) is 6.10 Å². The van der Waals surface area contributed by atoms with Gasteiger partial charge in [-0.25, -0.2) is 0 Å². The summed E-state index contributed by atoms with van der Waals surface area (Å²) < 4.78 is 6.58. The van der Waals surface area contributed by atoms with Crippen LogP contribution in [-0.2, 0) is 0 Å². The molecule has 1 unspecified atom stereocenters. The molecule has 6 heteroatoms. The number of halogens is 1. The van der Waals surface area contributed by atoms with Crippen molar-refractivity contribution in [2.75, 3.05) is 39.3 Å². The zero-order valence-corrected chi connectivity index (χ0v) is 16.1. The van der Waals surface area contributed by atoms with Crippen LogP contribution in [0.3, 0.4) is 0 Å². The van der Waals surface area contributed by atoms with Gasteiger partial charge in [-0.05, 0) is 30.3 Å². The third-order valence-corrected chi connectivity index (χ3v) is 4.88. The molecule has 1 saturated heterocycles. The molecule has 0 bridgehead atoms. The number of rotatable bonds is 6. The van der Waals surface area contributed by atoms with E-state index in [2.05, 4.69) is 20.8 Å². The van der Waals surface area contributed by atoms with E-state index in [9.17, 15) is 9.90 Å². The Balaban J connectivity index is 1.41. The number of amides is 1. The van der Waals surface area contributed by atoms with Crippen molar-refractivity contribution in [3.63, 3.8) is 0 Å². The number of ether oxygens (including phenoxy) is 1. The Labute approximate surface area is 162 Å². The van der Waals surface area contributed by atoms with Crippen LogP contribution >= 0.6 is 15.9 Å². The molecule has 1 atom stereocenters. The summed E-state index contributed by atoms with van der Waals surface area (Å²) in [5.74, 6) is 0.806. The van der Waals surface area contributed by atoms with Gasteiger partial charge in [0.2, 0.25) is 0 Å². The Morgan fingerprint density at radius 2 is 1.81 bits per heavy atom. The van der Waals surface area contributed by atoms with E-state index in [1.54, 1.807) is 0 Å². The summed E-state index contributed by atoms with van der Waals surface area (Å²) in [6.07, 6.45) is -0.564. The number of carbonyl (C=O) groups excluding carboxylic acids is 1. The lowest BCUT2D eigenvalue weighted by Crippen LogP contribution is -2.50. The lowest BCUT2D eigenvalue weighted by Gasteiger charge is -2.35. The molecule has 1 aliphatic rings. The predicted molar refractivity (Wildman–Crippen MR) is 104 cm³/mol. The third-order valence-electron chi connectivity index (χ3n) is 4.39. The molecule has 1 amide bonds. The van der Waals surface area contributed by atoms with Crippen LogP contribution in [0.25, 0.3) is 0 Å². The molecule has 0 radical (unpaired) electrons. The number of β-amino-alcohol motifs (C(OH)–C–C–N with tert-alkyl or cyclic N) is 1. The van der Waals surface area contributed by atoms with E-state index in [0.717, 1.165) is 28.9 Å². The smallest absolute Gasteiger partial charge is 0.253 e. The molecule has 1 fully saturated rings. The number of aliphatic hydroxyl groups excluding tert-OH is 1. The molecule has 0 aromatic heterocycles. The molecule has 3 rings (SSSR count). The number of aliphatic hydroxyl groups is 1. The molecule has 138 valence electrons. The fraction of sp³-hybridized carbons (Fsp3) is 0.350. The minimum atomic E-state index is -0.564. The Bertz CT molecular complexity index is 718. The van der Waals surface area contributed by atoms with Gasteiger partial charge in [0.25, 0.3) is 5.91 Å². The van der Waals surface area contributed by atoms with E-state index in [-0.39, 0.29) is 12.5 Å². The van der Waals surface area contributed by atoms with Gasteiger partial charge in [0.15, 0.2) is 0 Å². The van der Waals surface area contributed by atoms with Crippen molar-refractivity contribution in [1.82, 2.24) is 9.80 Å². The van der Waals surface area contributed by atoms with Crippen LogP contribution in [0.5, 0.6) is 5.75 Å². The van der Waals surface area contributed by atoms with Crippen LogP contribution in [-0.4, -0.2) is 66.2 Å². The predicted octanol–water partition coefficient (Wildman–Crippen LogP) is 2.65. The van der Waals surface area contributed by atoms with Crippen LogP contribution in [0.4, 0.5) is 0 Å². The lowest BCUT2D eigenvalue weighted by molar-refractivity contribution is 0.0403. The van der Waals surface area contributed by atoms with E-state index >= 15 is 0 Å². The van der Waals surface area contributed by atoms with Gasteiger partial charge in [-0.1, -0.05) is 40.2 Å². The van der Waals surface area contributed by atoms with Gasteiger partial charge < -0.3 is 14.7 Å². The minimum Gasteiger partial charge on any atom is -0.491 e. The van der Waals surface area contributed by atoms with Crippen molar-refractivity contribution in [1.29, 1.82) is 0 Å². The van der Waals surface area contributed by atoms with Gasteiger partial charge >= 0.3 is 0 Å². The van der Waals surface area contributed by atoms with Gasteiger partial charge in [0.1, 0.15) is 18.5 Å². The number of piperazine rings is 1. The van der Waals surface area contributed by atoms with Crippen LogP contribution in [0.15, 0.2) is 59.1 Å². The maximum atomic E-state index is 12.4. The summed E-state index contributed by atoms with van der Waals surface area (Å²) in [6, 6.07) is 16.9. The Morgan fingerprint density at radius 1 is 1.08 bits per heavy atom. The molecule has 2 aromatic carbocycles. The minimum absolute atomic E-state index is 0.0730. The molecular weight excluding hydrogens is 396 g/mol. The van der Waals surface area contributed by atoms with Gasteiger partial charge in [-0.3, -0.25) is 9.69 Å². The molecule has 1 N–H and O–H groups in total. The van der Waals surface area contributed by atoms with Gasteiger partial charge in [0, 0.05) is 42.8 Å². The SMILES string of the molecule is O=C(c1ccccc1)N1CCN(CC(O)COc2cccc(Br)c2)CC1. The Morgan fingerprint density at radius 3 is 2.50 bits per heavy atom.